The molecule has 0 spiro atoms. The number of urea groups is 1. The second kappa shape index (κ2) is 8.37. The van der Waals surface area contributed by atoms with Gasteiger partial charge in [0.2, 0.25) is 5.91 Å². The van der Waals surface area contributed by atoms with Crippen molar-refractivity contribution < 1.29 is 19.5 Å². The first-order chi connectivity index (χ1) is 7.97. The number of nitrogens with zero attached hydrogens (tertiary/aromatic N) is 1. The highest BCUT2D eigenvalue weighted by Gasteiger charge is 2.13. The predicted molar refractivity (Wildman–Crippen MR) is 61.3 cm³/mol. The topological polar surface area (TPSA) is 113 Å². The largest absolute Gasteiger partial charge is 0.480 e. The van der Waals surface area contributed by atoms with Crippen LogP contribution in [0.1, 0.15) is 26.2 Å². The minimum absolute atomic E-state index is 0.294. The number of amides is 3. The lowest BCUT2D eigenvalue weighted by atomic mass is 10.2. The Labute approximate surface area is 100.0 Å². The van der Waals surface area contributed by atoms with Gasteiger partial charge in [-0.05, 0) is 19.8 Å². The summed E-state index contributed by atoms with van der Waals surface area (Å²) in [6.45, 7) is 2.13. The van der Waals surface area contributed by atoms with Crippen LogP contribution in [0, 0.1) is 0 Å². The van der Waals surface area contributed by atoms with Crippen molar-refractivity contribution in [1.29, 1.82) is 0 Å². The number of carbonyl (C=O) groups excluding carboxylic acids is 2. The fourth-order valence-electron chi connectivity index (χ4n) is 1.22. The number of hydrogen-bond donors (Lipinski definition) is 3. The lowest BCUT2D eigenvalue weighted by Gasteiger charge is -2.18. The quantitative estimate of drug-likeness (QED) is 0.512. The molecule has 4 N–H and O–H groups in total. The number of carbonyl (C=O) groups is 3. The smallest absolute Gasteiger partial charge is 0.323 e. The highest BCUT2D eigenvalue weighted by atomic mass is 16.4. The van der Waals surface area contributed by atoms with Gasteiger partial charge in [0.15, 0.2) is 0 Å². The molecule has 98 valence electrons. The van der Waals surface area contributed by atoms with Crippen LogP contribution in [0.5, 0.6) is 0 Å². The third-order valence-electron chi connectivity index (χ3n) is 2.12. The van der Waals surface area contributed by atoms with E-state index in [2.05, 4.69) is 5.32 Å². The van der Waals surface area contributed by atoms with Crippen molar-refractivity contribution in [3.8, 4) is 0 Å². The van der Waals surface area contributed by atoms with E-state index >= 15 is 0 Å². The summed E-state index contributed by atoms with van der Waals surface area (Å²) in [7, 11) is 0. The van der Waals surface area contributed by atoms with Gasteiger partial charge in [-0.2, -0.15) is 0 Å². The normalized spacial score (nSPS) is 9.71. The van der Waals surface area contributed by atoms with Crippen molar-refractivity contribution in [2.75, 3.05) is 19.6 Å². The van der Waals surface area contributed by atoms with Crippen molar-refractivity contribution >= 4 is 17.9 Å². The number of nitrogens with one attached hydrogen (secondary N) is 1. The standard InChI is InChI=1S/C10H19N3O4/c1-2-13(7-9(15)16)10(17)12-6-4-3-5-8(11)14/h2-7H2,1H3,(H2,11,14)(H,12,17)(H,15,16). The number of rotatable bonds is 8. The molecule has 0 rings (SSSR count). The molecule has 0 bridgehead atoms. The molecule has 0 aromatic heterocycles. The molecule has 0 aliphatic rings. The number of aliphatic carboxylic acids is 1. The molecule has 17 heavy (non-hydrogen) atoms. The fourth-order valence-corrected chi connectivity index (χ4v) is 1.22. The molecule has 0 saturated carbocycles. The zero-order chi connectivity index (χ0) is 13.3. The van der Waals surface area contributed by atoms with Crippen LogP contribution in [0.2, 0.25) is 0 Å². The molecule has 0 radical (unpaired) electrons. The van der Waals surface area contributed by atoms with Crippen molar-refractivity contribution in [3.63, 3.8) is 0 Å². The van der Waals surface area contributed by atoms with Crippen LogP contribution in [-0.2, 0) is 9.59 Å². The first-order valence-corrected chi connectivity index (χ1v) is 5.50. The van der Waals surface area contributed by atoms with Crippen LogP contribution in [-0.4, -0.2) is 47.5 Å². The fraction of sp³-hybridized carbons (Fsp3) is 0.700. The maximum absolute atomic E-state index is 11.5. The summed E-state index contributed by atoms with van der Waals surface area (Å²) in [5.41, 5.74) is 4.96. The Balaban J connectivity index is 3.75. The number of carboxylic acid groups (broad SMARTS) is 1. The summed E-state index contributed by atoms with van der Waals surface area (Å²) < 4.78 is 0. The van der Waals surface area contributed by atoms with Crippen LogP contribution < -0.4 is 11.1 Å². The highest BCUT2D eigenvalue weighted by Crippen LogP contribution is 1.94. The van der Waals surface area contributed by atoms with Gasteiger partial charge in [-0.25, -0.2) is 4.79 Å². The molecule has 7 nitrogen and oxygen atoms in total. The Morgan fingerprint density at radius 1 is 1.29 bits per heavy atom. The lowest BCUT2D eigenvalue weighted by molar-refractivity contribution is -0.137. The number of carboxylic acids is 1. The molecule has 0 unspecified atom stereocenters. The third-order valence-corrected chi connectivity index (χ3v) is 2.12. The second-order valence-corrected chi connectivity index (χ2v) is 3.56. The number of hydrogen-bond acceptors (Lipinski definition) is 3. The van der Waals surface area contributed by atoms with E-state index in [1.807, 2.05) is 0 Å². The molecule has 0 aliphatic heterocycles. The zero-order valence-corrected chi connectivity index (χ0v) is 9.94. The number of likely N-dealkylation sites (N-methyl/N-ethyl adjacent to an activating group) is 1. The summed E-state index contributed by atoms with van der Waals surface area (Å²) in [6, 6.07) is -0.408. The van der Waals surface area contributed by atoms with Gasteiger partial charge in [0, 0.05) is 19.5 Å². The van der Waals surface area contributed by atoms with Crippen molar-refractivity contribution in [3.05, 3.63) is 0 Å². The van der Waals surface area contributed by atoms with E-state index < -0.39 is 12.0 Å². The first-order valence-electron chi connectivity index (χ1n) is 5.50. The predicted octanol–water partition coefficient (Wildman–Crippen LogP) is -0.242. The number of primary amides is 1. The minimum Gasteiger partial charge on any atom is -0.480 e. The molecule has 0 aliphatic carbocycles. The molecular weight excluding hydrogens is 226 g/mol. The van der Waals surface area contributed by atoms with Crippen molar-refractivity contribution in [2.24, 2.45) is 5.73 Å². The number of nitrogens with two attached hydrogens (primary N) is 1. The summed E-state index contributed by atoms with van der Waals surface area (Å²) in [6.07, 6.45) is 1.54. The van der Waals surface area contributed by atoms with E-state index in [0.29, 0.717) is 32.4 Å². The Kier molecular flexibility index (Phi) is 7.49. The number of unbranched alkanes of at least 4 members (excludes halogenated alkanes) is 1. The Bertz CT molecular complexity index is 281. The molecule has 0 aromatic carbocycles. The van der Waals surface area contributed by atoms with Crippen LogP contribution in [0.4, 0.5) is 4.79 Å². The summed E-state index contributed by atoms with van der Waals surface area (Å²) >= 11 is 0. The molecule has 0 atom stereocenters. The van der Waals surface area contributed by atoms with Gasteiger partial charge in [-0.3, -0.25) is 9.59 Å². The average Bonchev–Trinajstić information content (AvgIpc) is 2.24. The summed E-state index contributed by atoms with van der Waals surface area (Å²) in [4.78, 5) is 33.5. The monoisotopic (exact) mass is 245 g/mol. The van der Waals surface area contributed by atoms with Crippen LogP contribution in [0.3, 0.4) is 0 Å². The van der Waals surface area contributed by atoms with E-state index in [-0.39, 0.29) is 12.5 Å². The van der Waals surface area contributed by atoms with E-state index in [0.717, 1.165) is 0 Å². The first kappa shape index (κ1) is 15.2. The summed E-state index contributed by atoms with van der Waals surface area (Å²) in [5.74, 6) is -1.41. The maximum Gasteiger partial charge on any atom is 0.323 e. The van der Waals surface area contributed by atoms with Crippen molar-refractivity contribution in [2.45, 2.75) is 26.2 Å². The molecule has 0 saturated heterocycles. The molecule has 0 aromatic rings. The van der Waals surface area contributed by atoms with E-state index in [9.17, 15) is 14.4 Å². The van der Waals surface area contributed by atoms with E-state index in [1.165, 1.54) is 4.90 Å². The van der Waals surface area contributed by atoms with Crippen LogP contribution in [0.25, 0.3) is 0 Å². The average molecular weight is 245 g/mol. The van der Waals surface area contributed by atoms with E-state index in [1.54, 1.807) is 6.92 Å². The van der Waals surface area contributed by atoms with Gasteiger partial charge in [0.1, 0.15) is 6.54 Å². The van der Waals surface area contributed by atoms with Gasteiger partial charge in [-0.15, -0.1) is 0 Å². The van der Waals surface area contributed by atoms with Gasteiger partial charge in [0.05, 0.1) is 0 Å². The van der Waals surface area contributed by atoms with Crippen LogP contribution in [0.15, 0.2) is 0 Å². The highest BCUT2D eigenvalue weighted by molar-refractivity contribution is 5.80. The Morgan fingerprint density at radius 3 is 2.41 bits per heavy atom. The van der Waals surface area contributed by atoms with Gasteiger partial charge in [0.25, 0.3) is 0 Å². The minimum atomic E-state index is -1.05. The van der Waals surface area contributed by atoms with Crippen molar-refractivity contribution in [1.82, 2.24) is 10.2 Å². The zero-order valence-electron chi connectivity index (χ0n) is 9.94. The Hall–Kier alpha value is -1.79. The SMILES string of the molecule is CCN(CC(=O)O)C(=O)NCCCCC(N)=O. The molecular formula is C10H19N3O4. The maximum atomic E-state index is 11.5. The Morgan fingerprint density at radius 2 is 1.94 bits per heavy atom. The molecule has 3 amide bonds. The third kappa shape index (κ3) is 8.06. The summed E-state index contributed by atoms with van der Waals surface area (Å²) in [5, 5.41) is 11.1. The molecule has 7 heteroatoms. The molecule has 0 heterocycles. The van der Waals surface area contributed by atoms with Gasteiger partial charge >= 0.3 is 12.0 Å². The van der Waals surface area contributed by atoms with Crippen LogP contribution >= 0.6 is 0 Å². The lowest BCUT2D eigenvalue weighted by Crippen LogP contribution is -2.42. The molecule has 0 fully saturated rings. The van der Waals surface area contributed by atoms with E-state index in [4.69, 9.17) is 10.8 Å². The van der Waals surface area contributed by atoms with Gasteiger partial charge in [-0.1, -0.05) is 0 Å². The second-order valence-electron chi connectivity index (χ2n) is 3.56. The van der Waals surface area contributed by atoms with Gasteiger partial charge < -0.3 is 21.1 Å².